The van der Waals surface area contributed by atoms with E-state index in [4.69, 9.17) is 22.8 Å². The van der Waals surface area contributed by atoms with Gasteiger partial charge in [0.25, 0.3) is 0 Å². The van der Waals surface area contributed by atoms with E-state index in [1.54, 1.807) is 0 Å². The molecule has 0 heterocycles. The lowest BCUT2D eigenvalue weighted by Gasteiger charge is -2.35. The molecule has 0 aliphatic carbocycles. The van der Waals surface area contributed by atoms with Gasteiger partial charge >= 0.3 is 0 Å². The Hall–Kier alpha value is 0.310. The van der Waals surface area contributed by atoms with Crippen molar-refractivity contribution in [3.63, 3.8) is 0 Å². The molecule has 0 N–H and O–H groups in total. The van der Waals surface area contributed by atoms with E-state index in [0.29, 0.717) is 12.6 Å². The van der Waals surface area contributed by atoms with E-state index in [1.807, 2.05) is 6.66 Å². The Balaban J connectivity index is -0.000000453. The van der Waals surface area contributed by atoms with Gasteiger partial charge in [0.1, 0.15) is 6.54 Å². The zero-order valence-electron chi connectivity index (χ0n) is 20.9. The minimum atomic E-state index is 0. The molecule has 0 aliphatic heterocycles. The van der Waals surface area contributed by atoms with Crippen LogP contribution in [0.25, 0.3) is 0 Å². The van der Waals surface area contributed by atoms with Crippen LogP contribution in [-0.4, -0.2) is 30.8 Å². The monoisotopic (exact) mass is 586 g/mol. The van der Waals surface area contributed by atoms with Crippen LogP contribution >= 0.6 is 49.3 Å². The number of nitrogens with zero attached hydrogens (tertiary/aromatic N) is 1. The van der Waals surface area contributed by atoms with Crippen molar-refractivity contribution in [2.24, 2.45) is 0 Å². The highest BCUT2D eigenvalue weighted by Gasteiger charge is 2.20. The quantitative estimate of drug-likeness (QED) is 0.171. The highest BCUT2D eigenvalue weighted by molar-refractivity contribution is 8.08. The topological polar surface area (TPSA) is 0 Å². The summed E-state index contributed by atoms with van der Waals surface area (Å²) >= 11 is 18.9. The minimum absolute atomic E-state index is 0. The van der Waals surface area contributed by atoms with Gasteiger partial charge in [-0.3, -0.25) is 0 Å². The van der Waals surface area contributed by atoms with E-state index in [2.05, 4.69) is 107 Å². The van der Waals surface area contributed by atoms with E-state index < -0.39 is 0 Å². The lowest BCUT2D eigenvalue weighted by Crippen LogP contribution is -2.46. The molecule has 1 nitrogen and oxygen atoms in total. The maximum atomic E-state index is 5.62. The average Bonchev–Trinajstić information content (AvgIpc) is 2.84. The van der Waals surface area contributed by atoms with Crippen molar-refractivity contribution in [1.29, 1.82) is 0 Å². The second-order valence-corrected chi connectivity index (χ2v) is 10.7. The Morgan fingerprint density at radius 2 is 0.970 bits per heavy atom. The molecule has 0 spiro atoms. The van der Waals surface area contributed by atoms with Crippen LogP contribution in [0.15, 0.2) is 48.5 Å². The zero-order valence-corrected chi connectivity index (χ0v) is 26.6. The van der Waals surface area contributed by atoms with Crippen LogP contribution in [0.4, 0.5) is 0 Å². The summed E-state index contributed by atoms with van der Waals surface area (Å²) < 4.78 is 1.20. The smallest absolute Gasteiger partial charge is 0.104 e. The Morgan fingerprint density at radius 3 is 1.21 bits per heavy atom. The van der Waals surface area contributed by atoms with Gasteiger partial charge in [-0.05, 0) is 87.4 Å². The van der Waals surface area contributed by atoms with Crippen LogP contribution in [0.5, 0.6) is 0 Å². The van der Waals surface area contributed by atoms with Crippen molar-refractivity contribution in [1.82, 2.24) is 0 Å². The van der Waals surface area contributed by atoms with Crippen LogP contribution in [0.1, 0.15) is 56.9 Å². The average molecular weight is 588 g/mol. The molecule has 2 aromatic carbocycles. The summed E-state index contributed by atoms with van der Waals surface area (Å²) in [6.45, 7) is 18.5. The molecule has 8 heteroatoms. The highest BCUT2D eigenvalue weighted by Crippen LogP contribution is 2.15. The maximum absolute atomic E-state index is 5.62. The van der Waals surface area contributed by atoms with Crippen molar-refractivity contribution < 1.29 is 4.48 Å². The molecule has 0 atom stereocenters. The molecule has 0 radical (unpaired) electrons. The molecule has 0 bridgehead atoms. The van der Waals surface area contributed by atoms with Gasteiger partial charge in [0.15, 0.2) is 0 Å². The van der Waals surface area contributed by atoms with Crippen LogP contribution in [0, 0.1) is 0 Å². The van der Waals surface area contributed by atoms with E-state index in [0.717, 1.165) is 20.2 Å². The molecule has 0 aromatic heterocycles. The number of hydrogen-bond donors (Lipinski definition) is 0. The number of benzene rings is 2. The first kappa shape index (κ1) is 37.9. The van der Waals surface area contributed by atoms with E-state index >= 15 is 0 Å². The van der Waals surface area contributed by atoms with Gasteiger partial charge in [0, 0.05) is 11.4 Å². The summed E-state index contributed by atoms with van der Waals surface area (Å²) in [5.41, 5.74) is 5.47. The third-order valence-corrected chi connectivity index (χ3v) is 5.86. The molecular formula is C25H41Cl3NP2S2+. The van der Waals surface area contributed by atoms with Gasteiger partial charge in [-0.15, -0.1) is 24.0 Å². The fraction of sp³-hybridized carbons (Fsp3) is 0.520. The first-order chi connectivity index (χ1) is 15.4. The number of alkyl halides is 1. The number of rotatable bonds is 8. The van der Waals surface area contributed by atoms with Gasteiger partial charge in [0.05, 0.1) is 26.3 Å². The van der Waals surface area contributed by atoms with Crippen molar-refractivity contribution in [3.05, 3.63) is 70.8 Å². The van der Waals surface area contributed by atoms with Crippen molar-refractivity contribution in [3.8, 4) is 0 Å². The molecule has 33 heavy (non-hydrogen) atoms. The third kappa shape index (κ3) is 18.3. The maximum Gasteiger partial charge on any atom is 0.104 e. The van der Waals surface area contributed by atoms with Crippen LogP contribution < -0.4 is 0 Å². The standard InChI is InChI=1S/C15H26N.C9H11Cl.CH3PS.ClPS.ClH/c1-5-14-9-11-15(12-10-14)13-16(6-2,7-3)8-4;1-2-8-3-5-9(7-10)6-4-8;2*1-2-3;/h9-12H,5-8,13H2,1-4H3;3-6H,2,7H2,1H3;1H3;;1H/q+1;;;;. The van der Waals surface area contributed by atoms with Crippen LogP contribution in [0.3, 0.4) is 0 Å². The molecule has 0 saturated heterocycles. The number of hydrogen-bond acceptors (Lipinski definition) is 2. The summed E-state index contributed by atoms with van der Waals surface area (Å²) in [7, 11) is 1.00. The first-order valence-electron chi connectivity index (χ1n) is 11.1. The Morgan fingerprint density at radius 1 is 0.697 bits per heavy atom. The van der Waals surface area contributed by atoms with Crippen molar-refractivity contribution in [2.75, 3.05) is 26.3 Å². The predicted molar refractivity (Wildman–Crippen MR) is 164 cm³/mol. The Kier molecular flexibility index (Phi) is 29.1. The molecular weight excluding hydrogens is 547 g/mol. The lowest BCUT2D eigenvalue weighted by atomic mass is 10.1. The number of halogens is 3. The second kappa shape index (κ2) is 25.4. The molecule has 0 aliphatic rings. The van der Waals surface area contributed by atoms with Gasteiger partial charge < -0.3 is 4.48 Å². The fourth-order valence-corrected chi connectivity index (χ4v) is 3.32. The molecule has 0 fully saturated rings. The van der Waals surface area contributed by atoms with Gasteiger partial charge in [-0.25, -0.2) is 0 Å². The summed E-state index contributed by atoms with van der Waals surface area (Å²) in [6, 6.07) is 17.5. The van der Waals surface area contributed by atoms with E-state index in [1.165, 1.54) is 52.9 Å². The molecule has 0 unspecified atom stereocenters. The van der Waals surface area contributed by atoms with Gasteiger partial charge in [-0.2, -0.15) is 0 Å². The third-order valence-electron chi connectivity index (χ3n) is 5.55. The summed E-state index contributed by atoms with van der Waals surface area (Å²) in [4.78, 5) is 0. The van der Waals surface area contributed by atoms with Crippen LogP contribution in [-0.2, 0) is 48.9 Å². The zero-order chi connectivity index (χ0) is 24.8. The normalized spacial score (nSPS) is 9.94. The van der Waals surface area contributed by atoms with Crippen molar-refractivity contribution >= 4 is 72.9 Å². The van der Waals surface area contributed by atoms with Gasteiger partial charge in [-0.1, -0.05) is 74.2 Å². The fourth-order valence-electron chi connectivity index (χ4n) is 3.14. The SMILES string of the molecule is CCc1ccc(CCl)cc1.CCc1ccc(C[N+](CC)(CC)CC)cc1.CP=S.Cl.S=PCl. The van der Waals surface area contributed by atoms with E-state index in [-0.39, 0.29) is 12.4 Å². The molecule has 188 valence electrons. The Labute approximate surface area is 233 Å². The first-order valence-corrected chi connectivity index (χ1v) is 16.8. The minimum Gasteiger partial charge on any atom is -0.321 e. The largest absolute Gasteiger partial charge is 0.321 e. The summed E-state index contributed by atoms with van der Waals surface area (Å²) in [5, 5.41) is 0. The number of quaternary nitrogens is 1. The van der Waals surface area contributed by atoms with Crippen LogP contribution in [0.2, 0.25) is 0 Å². The summed E-state index contributed by atoms with van der Waals surface area (Å²) in [5.74, 6) is 0.615. The summed E-state index contributed by atoms with van der Waals surface area (Å²) in [6.07, 6.45) is 2.23. The van der Waals surface area contributed by atoms with Gasteiger partial charge in [0.2, 0.25) is 0 Å². The van der Waals surface area contributed by atoms with Crippen molar-refractivity contribution in [2.45, 2.75) is 59.9 Å². The molecule has 0 saturated carbocycles. The van der Waals surface area contributed by atoms with E-state index in [9.17, 15) is 0 Å². The molecule has 2 aromatic rings. The predicted octanol–water partition coefficient (Wildman–Crippen LogP) is 9.61. The molecule has 0 amide bonds. The molecule has 2 rings (SSSR count). The number of aryl methyl sites for hydroxylation is 2. The highest BCUT2D eigenvalue weighted by atomic mass is 35.7. The Bertz CT molecular complexity index is 673. The lowest BCUT2D eigenvalue weighted by molar-refractivity contribution is -0.936. The second-order valence-electron chi connectivity index (χ2n) is 7.17.